The largest absolute Gasteiger partial charge is 0.367 e. The fraction of sp³-hybridized carbons (Fsp3) is 0.455. The van der Waals surface area contributed by atoms with Crippen molar-refractivity contribution in [2.75, 3.05) is 19.6 Å². The topological polar surface area (TPSA) is 74.0 Å². The van der Waals surface area contributed by atoms with Crippen molar-refractivity contribution < 1.29 is 4.79 Å². The van der Waals surface area contributed by atoms with Crippen LogP contribution in [0.1, 0.15) is 23.7 Å². The first kappa shape index (κ1) is 12.4. The van der Waals surface area contributed by atoms with E-state index in [1.54, 1.807) is 0 Å². The Bertz CT molecular complexity index is 387. The molecule has 1 aromatic rings. The van der Waals surface area contributed by atoms with E-state index in [4.69, 9.17) is 0 Å². The van der Waals surface area contributed by atoms with Gasteiger partial charge in [-0.25, -0.2) is 0 Å². The number of carbonyl (C=O) groups is 1. The molecule has 1 amide bonds. The summed E-state index contributed by atoms with van der Waals surface area (Å²) >= 11 is 0. The third-order valence-electron chi connectivity index (χ3n) is 2.13. The van der Waals surface area contributed by atoms with Gasteiger partial charge in [0, 0.05) is 25.0 Å². The van der Waals surface area contributed by atoms with Crippen LogP contribution in [0, 0.1) is 0 Å². The molecule has 5 nitrogen and oxygen atoms in total. The highest BCUT2D eigenvalue weighted by molar-refractivity contribution is 5.93. The molecule has 0 saturated heterocycles. The molecule has 0 spiro atoms. The molecule has 1 rings (SSSR count). The predicted molar refractivity (Wildman–Crippen MR) is 62.6 cm³/mol. The van der Waals surface area contributed by atoms with E-state index in [0.29, 0.717) is 6.54 Å². The molecular formula is C11H17N3O2. The van der Waals surface area contributed by atoms with Crippen LogP contribution in [0.2, 0.25) is 0 Å². The maximum atomic E-state index is 11.5. The number of nitrogens with one attached hydrogen (secondary N) is 3. The van der Waals surface area contributed by atoms with Gasteiger partial charge in [-0.2, -0.15) is 0 Å². The summed E-state index contributed by atoms with van der Waals surface area (Å²) < 4.78 is 0. The quantitative estimate of drug-likeness (QED) is 0.599. The second-order valence-electron chi connectivity index (χ2n) is 3.39. The van der Waals surface area contributed by atoms with Crippen molar-refractivity contribution in [2.45, 2.75) is 13.3 Å². The van der Waals surface area contributed by atoms with Crippen molar-refractivity contribution in [1.29, 1.82) is 0 Å². The van der Waals surface area contributed by atoms with Gasteiger partial charge in [0.05, 0.1) is 0 Å². The summed E-state index contributed by atoms with van der Waals surface area (Å²) in [7, 11) is 0. The third-order valence-corrected chi connectivity index (χ3v) is 2.13. The van der Waals surface area contributed by atoms with E-state index in [-0.39, 0.29) is 16.9 Å². The molecule has 0 fully saturated rings. The van der Waals surface area contributed by atoms with Crippen LogP contribution >= 0.6 is 0 Å². The van der Waals surface area contributed by atoms with Crippen LogP contribution < -0.4 is 16.1 Å². The second-order valence-corrected chi connectivity index (χ2v) is 3.39. The number of carbonyl (C=O) groups excluding carboxylic acids is 1. The number of aromatic nitrogens is 1. The molecule has 88 valence electrons. The van der Waals surface area contributed by atoms with Crippen molar-refractivity contribution in [3.63, 3.8) is 0 Å². The first-order valence-electron chi connectivity index (χ1n) is 5.41. The van der Waals surface area contributed by atoms with Gasteiger partial charge in [0.1, 0.15) is 5.56 Å². The molecule has 0 saturated carbocycles. The van der Waals surface area contributed by atoms with Crippen molar-refractivity contribution in [2.24, 2.45) is 0 Å². The zero-order valence-electron chi connectivity index (χ0n) is 9.38. The smallest absolute Gasteiger partial charge is 0.256 e. The van der Waals surface area contributed by atoms with Gasteiger partial charge in [-0.3, -0.25) is 9.59 Å². The fourth-order valence-corrected chi connectivity index (χ4v) is 1.28. The van der Waals surface area contributed by atoms with E-state index in [9.17, 15) is 9.59 Å². The van der Waals surface area contributed by atoms with Crippen LogP contribution in [0.25, 0.3) is 0 Å². The van der Waals surface area contributed by atoms with E-state index in [0.717, 1.165) is 19.5 Å². The van der Waals surface area contributed by atoms with Crippen molar-refractivity contribution >= 4 is 5.91 Å². The Morgan fingerprint density at radius 1 is 1.44 bits per heavy atom. The lowest BCUT2D eigenvalue weighted by molar-refractivity contribution is 0.0952. The Hall–Kier alpha value is -1.62. The summed E-state index contributed by atoms with van der Waals surface area (Å²) in [5.74, 6) is -0.321. The van der Waals surface area contributed by atoms with Gasteiger partial charge < -0.3 is 15.6 Å². The highest BCUT2D eigenvalue weighted by atomic mass is 16.2. The summed E-state index contributed by atoms with van der Waals surface area (Å²) in [4.78, 5) is 25.6. The molecule has 3 N–H and O–H groups in total. The van der Waals surface area contributed by atoms with Gasteiger partial charge in [0.2, 0.25) is 0 Å². The Balaban J connectivity index is 2.36. The summed E-state index contributed by atoms with van der Waals surface area (Å²) in [6.45, 7) is 4.39. The Labute approximate surface area is 94.3 Å². The lowest BCUT2D eigenvalue weighted by Crippen LogP contribution is -2.30. The molecule has 0 bridgehead atoms. The van der Waals surface area contributed by atoms with Gasteiger partial charge in [-0.1, -0.05) is 6.92 Å². The van der Waals surface area contributed by atoms with E-state index < -0.39 is 0 Å². The molecule has 5 heteroatoms. The SMILES string of the molecule is CCNCCCNC(=O)c1c[nH]ccc1=O. The molecule has 0 aliphatic rings. The molecule has 1 aromatic heterocycles. The van der Waals surface area contributed by atoms with Crippen molar-refractivity contribution in [1.82, 2.24) is 15.6 Å². The van der Waals surface area contributed by atoms with Crippen LogP contribution in [0.4, 0.5) is 0 Å². The van der Waals surface area contributed by atoms with Gasteiger partial charge in [0.25, 0.3) is 5.91 Å². The molecule has 0 radical (unpaired) electrons. The predicted octanol–water partition coefficient (Wildman–Crippen LogP) is 0.104. The summed E-state index contributed by atoms with van der Waals surface area (Å²) in [5.41, 5.74) is -0.103. The normalized spacial score (nSPS) is 10.1. The lowest BCUT2D eigenvalue weighted by Gasteiger charge is -2.04. The molecule has 1 heterocycles. The van der Waals surface area contributed by atoms with E-state index in [2.05, 4.69) is 15.6 Å². The minimum absolute atomic E-state index is 0.158. The van der Waals surface area contributed by atoms with Crippen molar-refractivity contribution in [3.8, 4) is 0 Å². The van der Waals surface area contributed by atoms with Gasteiger partial charge in [-0.05, 0) is 19.5 Å². The van der Waals surface area contributed by atoms with Crippen LogP contribution in [-0.4, -0.2) is 30.5 Å². The maximum absolute atomic E-state index is 11.5. The summed E-state index contributed by atoms with van der Waals surface area (Å²) in [6.07, 6.45) is 3.77. The van der Waals surface area contributed by atoms with Crippen LogP contribution in [0.15, 0.2) is 23.3 Å². The van der Waals surface area contributed by atoms with E-state index in [1.165, 1.54) is 18.5 Å². The highest BCUT2D eigenvalue weighted by Crippen LogP contribution is 1.87. The molecule has 0 aliphatic carbocycles. The Morgan fingerprint density at radius 2 is 2.25 bits per heavy atom. The summed E-state index contributed by atoms with van der Waals surface area (Å²) in [6, 6.07) is 1.34. The van der Waals surface area contributed by atoms with Gasteiger partial charge >= 0.3 is 0 Å². The number of rotatable bonds is 6. The summed E-state index contributed by atoms with van der Waals surface area (Å²) in [5, 5.41) is 5.85. The van der Waals surface area contributed by atoms with Crippen molar-refractivity contribution in [3.05, 3.63) is 34.2 Å². The molecular weight excluding hydrogens is 206 g/mol. The molecule has 0 atom stereocenters. The number of hydrogen-bond donors (Lipinski definition) is 3. The average molecular weight is 223 g/mol. The molecule has 16 heavy (non-hydrogen) atoms. The first-order chi connectivity index (χ1) is 7.75. The first-order valence-corrected chi connectivity index (χ1v) is 5.41. The number of hydrogen-bond acceptors (Lipinski definition) is 3. The molecule has 0 unspecified atom stereocenters. The Kier molecular flexibility index (Phi) is 5.28. The molecule has 0 aliphatic heterocycles. The zero-order chi connectivity index (χ0) is 11.8. The number of aromatic amines is 1. The Morgan fingerprint density at radius 3 is 2.94 bits per heavy atom. The lowest BCUT2D eigenvalue weighted by atomic mass is 10.2. The fourth-order valence-electron chi connectivity index (χ4n) is 1.28. The van der Waals surface area contributed by atoms with Gasteiger partial charge in [-0.15, -0.1) is 0 Å². The van der Waals surface area contributed by atoms with E-state index in [1.807, 2.05) is 6.92 Å². The van der Waals surface area contributed by atoms with Crippen LogP contribution in [0.3, 0.4) is 0 Å². The number of pyridine rings is 1. The highest BCUT2D eigenvalue weighted by Gasteiger charge is 2.07. The standard InChI is InChI=1S/C11H17N3O2/c1-2-12-5-3-6-14-11(16)9-8-13-7-4-10(9)15/h4,7-8,12H,2-3,5-6H2,1H3,(H,13,15)(H,14,16). The minimum atomic E-state index is -0.321. The monoisotopic (exact) mass is 223 g/mol. The number of amides is 1. The minimum Gasteiger partial charge on any atom is -0.367 e. The number of H-pyrrole nitrogens is 1. The average Bonchev–Trinajstić information content (AvgIpc) is 2.29. The van der Waals surface area contributed by atoms with Crippen LogP contribution in [0.5, 0.6) is 0 Å². The zero-order valence-corrected chi connectivity index (χ0v) is 9.38. The second kappa shape index (κ2) is 6.79. The van der Waals surface area contributed by atoms with Gasteiger partial charge in [0.15, 0.2) is 5.43 Å². The third kappa shape index (κ3) is 3.86. The van der Waals surface area contributed by atoms with E-state index >= 15 is 0 Å². The molecule has 0 aromatic carbocycles. The van der Waals surface area contributed by atoms with Crippen LogP contribution in [-0.2, 0) is 0 Å². The maximum Gasteiger partial charge on any atom is 0.256 e.